The van der Waals surface area contributed by atoms with Crippen LogP contribution in [0.1, 0.15) is 36.5 Å². The summed E-state index contributed by atoms with van der Waals surface area (Å²) in [5.41, 5.74) is -0.108. The van der Waals surface area contributed by atoms with Crippen molar-refractivity contribution in [3.8, 4) is 0 Å². The summed E-state index contributed by atoms with van der Waals surface area (Å²) in [6, 6.07) is 4.56. The molecule has 0 amide bonds. The van der Waals surface area contributed by atoms with E-state index in [-0.39, 0.29) is 12.0 Å². The second-order valence-corrected chi connectivity index (χ2v) is 5.74. The van der Waals surface area contributed by atoms with Gasteiger partial charge in [0.25, 0.3) is 0 Å². The molecule has 0 saturated heterocycles. The van der Waals surface area contributed by atoms with Gasteiger partial charge in [-0.1, -0.05) is 12.1 Å². The van der Waals surface area contributed by atoms with Crippen LogP contribution in [-0.4, -0.2) is 29.9 Å². The van der Waals surface area contributed by atoms with E-state index < -0.39 is 17.8 Å². The molecule has 1 atom stereocenters. The Morgan fingerprint density at radius 1 is 1.19 bits per heavy atom. The summed E-state index contributed by atoms with van der Waals surface area (Å²) in [5.74, 6) is 0. The number of halogens is 3. The molecule has 118 valence electrons. The van der Waals surface area contributed by atoms with E-state index in [1.54, 1.807) is 0 Å². The van der Waals surface area contributed by atoms with Crippen molar-refractivity contribution in [3.63, 3.8) is 0 Å². The predicted molar refractivity (Wildman–Crippen MR) is 72.6 cm³/mol. The molecule has 6 heteroatoms. The summed E-state index contributed by atoms with van der Waals surface area (Å²) >= 11 is 0. The molecule has 1 saturated carbocycles. The van der Waals surface area contributed by atoms with Crippen LogP contribution in [0.2, 0.25) is 0 Å². The topological polar surface area (TPSA) is 52.5 Å². The zero-order valence-electron chi connectivity index (χ0n) is 11.7. The minimum absolute atomic E-state index is 0.147. The smallest absolute Gasteiger partial charge is 0.396 e. The largest absolute Gasteiger partial charge is 0.416 e. The molecule has 1 aromatic carbocycles. The number of aliphatic hydroxyl groups is 2. The second kappa shape index (κ2) is 6.34. The maximum atomic E-state index is 12.4. The van der Waals surface area contributed by atoms with Crippen LogP contribution < -0.4 is 5.32 Å². The molecule has 1 aliphatic carbocycles. The van der Waals surface area contributed by atoms with Gasteiger partial charge in [-0.05, 0) is 42.4 Å². The fraction of sp³-hybridized carbons (Fsp3) is 0.600. The van der Waals surface area contributed by atoms with Gasteiger partial charge in [0.2, 0.25) is 0 Å². The Kier molecular flexibility index (Phi) is 4.91. The Morgan fingerprint density at radius 3 is 2.29 bits per heavy atom. The highest BCUT2D eigenvalue weighted by Gasteiger charge is 2.41. The van der Waals surface area contributed by atoms with Crippen molar-refractivity contribution in [2.45, 2.75) is 31.5 Å². The molecule has 0 heterocycles. The maximum Gasteiger partial charge on any atom is 0.416 e. The molecule has 1 aliphatic rings. The van der Waals surface area contributed by atoms with Crippen LogP contribution in [0.5, 0.6) is 0 Å². The molecule has 3 N–H and O–H groups in total. The first-order valence-corrected chi connectivity index (χ1v) is 7.03. The van der Waals surface area contributed by atoms with E-state index in [0.29, 0.717) is 18.7 Å². The summed E-state index contributed by atoms with van der Waals surface area (Å²) in [4.78, 5) is 0. The lowest BCUT2D eigenvalue weighted by Crippen LogP contribution is -2.28. The van der Waals surface area contributed by atoms with Crippen molar-refractivity contribution in [1.29, 1.82) is 0 Å². The predicted octanol–water partition coefficient (Wildman–Crippen LogP) is 2.49. The first kappa shape index (κ1) is 16.3. The minimum atomic E-state index is -4.36. The number of hydrogen-bond donors (Lipinski definition) is 3. The van der Waals surface area contributed by atoms with Gasteiger partial charge in [0, 0.05) is 19.7 Å². The molecule has 1 unspecified atom stereocenters. The number of benzene rings is 1. The van der Waals surface area contributed by atoms with E-state index in [9.17, 15) is 18.3 Å². The van der Waals surface area contributed by atoms with Crippen molar-refractivity contribution < 1.29 is 23.4 Å². The van der Waals surface area contributed by atoms with Crippen LogP contribution in [0.3, 0.4) is 0 Å². The molecular weight excluding hydrogens is 283 g/mol. The molecule has 1 fully saturated rings. The van der Waals surface area contributed by atoms with Crippen LogP contribution in [0.4, 0.5) is 13.2 Å². The molecule has 0 aliphatic heterocycles. The third kappa shape index (κ3) is 4.43. The van der Waals surface area contributed by atoms with E-state index in [2.05, 4.69) is 5.32 Å². The first-order valence-electron chi connectivity index (χ1n) is 7.03. The van der Waals surface area contributed by atoms with E-state index in [4.69, 9.17) is 5.11 Å². The van der Waals surface area contributed by atoms with E-state index in [1.165, 1.54) is 12.1 Å². The standard InChI is InChI=1S/C15H20F3NO2/c16-15(17,18)12-3-1-11(2-4-12)13(21)9-19-10-14(5-6-14)7-8-20/h1-4,13,19-21H,5-10H2. The van der Waals surface area contributed by atoms with Gasteiger partial charge in [-0.3, -0.25) is 0 Å². The van der Waals surface area contributed by atoms with Gasteiger partial charge in [-0.25, -0.2) is 0 Å². The van der Waals surface area contributed by atoms with Gasteiger partial charge < -0.3 is 15.5 Å². The second-order valence-electron chi connectivity index (χ2n) is 5.74. The van der Waals surface area contributed by atoms with Crippen LogP contribution in [0, 0.1) is 5.41 Å². The van der Waals surface area contributed by atoms with Gasteiger partial charge in [0.15, 0.2) is 0 Å². The van der Waals surface area contributed by atoms with E-state index in [0.717, 1.165) is 31.4 Å². The fourth-order valence-electron chi connectivity index (χ4n) is 2.42. The van der Waals surface area contributed by atoms with E-state index in [1.807, 2.05) is 0 Å². The Labute approximate surface area is 121 Å². The summed E-state index contributed by atoms with van der Waals surface area (Å²) in [7, 11) is 0. The molecular formula is C15H20F3NO2. The molecule has 1 aromatic rings. The Bertz CT molecular complexity index is 455. The van der Waals surface area contributed by atoms with Crippen LogP contribution in [0.25, 0.3) is 0 Å². The van der Waals surface area contributed by atoms with Crippen molar-refractivity contribution in [2.75, 3.05) is 19.7 Å². The lowest BCUT2D eigenvalue weighted by molar-refractivity contribution is -0.137. The Morgan fingerprint density at radius 2 is 1.81 bits per heavy atom. The van der Waals surface area contributed by atoms with Crippen molar-refractivity contribution in [2.24, 2.45) is 5.41 Å². The third-order valence-corrected chi connectivity index (χ3v) is 4.06. The molecule has 3 nitrogen and oxygen atoms in total. The summed E-state index contributed by atoms with van der Waals surface area (Å²) in [6.45, 7) is 1.16. The average Bonchev–Trinajstić information content (AvgIpc) is 3.18. The SMILES string of the molecule is OCCC1(CNCC(O)c2ccc(C(F)(F)F)cc2)CC1. The Hall–Kier alpha value is -1.11. The first-order chi connectivity index (χ1) is 9.86. The number of hydrogen-bond acceptors (Lipinski definition) is 3. The van der Waals surface area contributed by atoms with Gasteiger partial charge in [0.1, 0.15) is 0 Å². The number of alkyl halides is 3. The van der Waals surface area contributed by atoms with Crippen LogP contribution >= 0.6 is 0 Å². The lowest BCUT2D eigenvalue weighted by Gasteiger charge is -2.17. The van der Waals surface area contributed by atoms with Crippen molar-refractivity contribution in [3.05, 3.63) is 35.4 Å². The highest BCUT2D eigenvalue weighted by molar-refractivity contribution is 5.26. The lowest BCUT2D eigenvalue weighted by atomic mass is 10.0. The van der Waals surface area contributed by atoms with Gasteiger partial charge in [0.05, 0.1) is 11.7 Å². The number of rotatable bonds is 7. The zero-order valence-corrected chi connectivity index (χ0v) is 11.7. The molecule has 0 radical (unpaired) electrons. The highest BCUT2D eigenvalue weighted by Crippen LogP contribution is 2.47. The normalized spacial score (nSPS) is 18.5. The Balaban J connectivity index is 1.82. The van der Waals surface area contributed by atoms with Crippen LogP contribution in [-0.2, 0) is 6.18 Å². The molecule has 0 bridgehead atoms. The summed E-state index contributed by atoms with van der Waals surface area (Å²) in [5, 5.41) is 22.1. The summed E-state index contributed by atoms with van der Waals surface area (Å²) < 4.78 is 37.3. The zero-order chi connectivity index (χ0) is 15.5. The molecule has 21 heavy (non-hydrogen) atoms. The number of nitrogens with one attached hydrogen (secondary N) is 1. The molecule has 2 rings (SSSR count). The van der Waals surface area contributed by atoms with Crippen molar-refractivity contribution in [1.82, 2.24) is 5.32 Å². The van der Waals surface area contributed by atoms with Crippen LogP contribution in [0.15, 0.2) is 24.3 Å². The van der Waals surface area contributed by atoms with Gasteiger partial charge in [-0.15, -0.1) is 0 Å². The monoisotopic (exact) mass is 303 g/mol. The number of aliphatic hydroxyl groups excluding tert-OH is 2. The summed E-state index contributed by atoms with van der Waals surface area (Å²) in [6.07, 6.45) is -2.31. The quantitative estimate of drug-likeness (QED) is 0.725. The van der Waals surface area contributed by atoms with E-state index >= 15 is 0 Å². The highest BCUT2D eigenvalue weighted by atomic mass is 19.4. The average molecular weight is 303 g/mol. The third-order valence-electron chi connectivity index (χ3n) is 4.06. The van der Waals surface area contributed by atoms with Crippen molar-refractivity contribution >= 4 is 0 Å². The fourth-order valence-corrected chi connectivity index (χ4v) is 2.42. The maximum absolute atomic E-state index is 12.4. The van der Waals surface area contributed by atoms with Gasteiger partial charge in [-0.2, -0.15) is 13.2 Å². The van der Waals surface area contributed by atoms with Gasteiger partial charge >= 0.3 is 6.18 Å². The molecule has 0 aromatic heterocycles. The molecule has 0 spiro atoms. The minimum Gasteiger partial charge on any atom is -0.396 e.